The molecule has 1 atom stereocenters. The molecule has 4 rings (SSSR count). The third-order valence-corrected chi connectivity index (χ3v) is 4.46. The number of rotatable bonds is 4. The molecular weight excluding hydrogens is 284 g/mol. The molecule has 1 aliphatic heterocycles. The average Bonchev–Trinajstić information content (AvgIpc) is 3.28. The second-order valence-electron chi connectivity index (χ2n) is 6.00. The van der Waals surface area contributed by atoms with Gasteiger partial charge < -0.3 is 0 Å². The molecule has 0 N–H and O–H groups in total. The van der Waals surface area contributed by atoms with Gasteiger partial charge in [-0.3, -0.25) is 9.88 Å². The van der Waals surface area contributed by atoms with E-state index >= 15 is 0 Å². The molecule has 3 heterocycles. The van der Waals surface area contributed by atoms with Crippen molar-refractivity contribution in [1.29, 1.82) is 0 Å². The van der Waals surface area contributed by atoms with E-state index in [4.69, 9.17) is 0 Å². The first kappa shape index (κ1) is 14.2. The first-order valence-electron chi connectivity index (χ1n) is 8.14. The van der Waals surface area contributed by atoms with Crippen LogP contribution in [0.3, 0.4) is 0 Å². The van der Waals surface area contributed by atoms with Gasteiger partial charge in [-0.05, 0) is 55.3 Å². The van der Waals surface area contributed by atoms with Crippen molar-refractivity contribution in [3.8, 4) is 5.69 Å². The van der Waals surface area contributed by atoms with Crippen LogP contribution in [0.5, 0.6) is 0 Å². The summed E-state index contributed by atoms with van der Waals surface area (Å²) in [6, 6.07) is 17.2. The van der Waals surface area contributed by atoms with Crippen molar-refractivity contribution in [2.45, 2.75) is 25.4 Å². The molecule has 0 amide bonds. The lowest BCUT2D eigenvalue weighted by atomic mass is 10.1. The van der Waals surface area contributed by atoms with Crippen LogP contribution in [0.1, 0.15) is 30.1 Å². The topological polar surface area (TPSA) is 34.0 Å². The highest BCUT2D eigenvalue weighted by Gasteiger charge is 2.26. The number of hydrogen-bond donors (Lipinski definition) is 0. The Balaban J connectivity index is 1.55. The Morgan fingerprint density at radius 2 is 2.04 bits per heavy atom. The minimum absolute atomic E-state index is 0.435. The van der Waals surface area contributed by atoms with Gasteiger partial charge in [0.2, 0.25) is 0 Å². The van der Waals surface area contributed by atoms with E-state index in [9.17, 15) is 0 Å². The molecule has 4 heteroatoms. The standard InChI is InChI=1S/C19H20N4/c1-2-10-20-18(8-1)19-9-4-12-22(19)15-16-6-3-7-17(14-16)23-13-5-11-21-23/h1-3,5-8,10-11,13-14,19H,4,9,12,15H2/t19-/m1/s1. The van der Waals surface area contributed by atoms with E-state index in [1.165, 1.54) is 24.1 Å². The zero-order valence-corrected chi connectivity index (χ0v) is 13.0. The van der Waals surface area contributed by atoms with Crippen LogP contribution in [0.25, 0.3) is 5.69 Å². The highest BCUT2D eigenvalue weighted by atomic mass is 15.3. The van der Waals surface area contributed by atoms with Gasteiger partial charge in [-0.25, -0.2) is 4.68 Å². The number of benzene rings is 1. The minimum Gasteiger partial charge on any atom is -0.291 e. The van der Waals surface area contributed by atoms with Crippen LogP contribution in [0, 0.1) is 0 Å². The van der Waals surface area contributed by atoms with Gasteiger partial charge in [0.25, 0.3) is 0 Å². The highest BCUT2D eigenvalue weighted by molar-refractivity contribution is 5.35. The molecule has 2 aromatic heterocycles. The SMILES string of the molecule is c1ccc([C@H]2CCCN2Cc2cccc(-n3cccn3)c2)nc1. The van der Waals surface area contributed by atoms with Gasteiger partial charge >= 0.3 is 0 Å². The third kappa shape index (κ3) is 3.03. The molecule has 0 saturated carbocycles. The monoisotopic (exact) mass is 304 g/mol. The second-order valence-corrected chi connectivity index (χ2v) is 6.00. The molecule has 1 aliphatic rings. The summed E-state index contributed by atoms with van der Waals surface area (Å²) in [5.74, 6) is 0. The minimum atomic E-state index is 0.435. The molecule has 23 heavy (non-hydrogen) atoms. The summed E-state index contributed by atoms with van der Waals surface area (Å²) in [4.78, 5) is 7.09. The van der Waals surface area contributed by atoms with Crippen LogP contribution in [0.15, 0.2) is 67.1 Å². The van der Waals surface area contributed by atoms with Crippen LogP contribution in [0.2, 0.25) is 0 Å². The fourth-order valence-electron chi connectivity index (χ4n) is 3.38. The summed E-state index contributed by atoms with van der Waals surface area (Å²) in [7, 11) is 0. The van der Waals surface area contributed by atoms with Gasteiger partial charge in [0.05, 0.1) is 17.4 Å². The van der Waals surface area contributed by atoms with Crippen molar-refractivity contribution in [3.05, 3.63) is 78.4 Å². The van der Waals surface area contributed by atoms with Gasteiger partial charge in [0.1, 0.15) is 0 Å². The molecule has 1 fully saturated rings. The second kappa shape index (κ2) is 6.34. The molecule has 1 aromatic carbocycles. The Kier molecular flexibility index (Phi) is 3.90. The zero-order chi connectivity index (χ0) is 15.5. The fourth-order valence-corrected chi connectivity index (χ4v) is 3.38. The predicted molar refractivity (Wildman–Crippen MR) is 90.2 cm³/mol. The van der Waals surface area contributed by atoms with Gasteiger partial charge in [0.15, 0.2) is 0 Å². The van der Waals surface area contributed by atoms with Crippen molar-refractivity contribution in [2.24, 2.45) is 0 Å². The van der Waals surface area contributed by atoms with Crippen molar-refractivity contribution in [2.75, 3.05) is 6.54 Å². The van der Waals surface area contributed by atoms with E-state index in [-0.39, 0.29) is 0 Å². The van der Waals surface area contributed by atoms with Crippen LogP contribution in [0.4, 0.5) is 0 Å². The van der Waals surface area contributed by atoms with Gasteiger partial charge in [0, 0.05) is 25.1 Å². The Morgan fingerprint density at radius 3 is 2.87 bits per heavy atom. The first-order chi connectivity index (χ1) is 11.4. The lowest BCUT2D eigenvalue weighted by Crippen LogP contribution is -2.23. The lowest BCUT2D eigenvalue weighted by Gasteiger charge is -2.24. The summed E-state index contributed by atoms with van der Waals surface area (Å²) in [5.41, 5.74) is 3.62. The number of hydrogen-bond acceptors (Lipinski definition) is 3. The van der Waals surface area contributed by atoms with Crippen LogP contribution < -0.4 is 0 Å². The normalized spacial score (nSPS) is 18.3. The highest BCUT2D eigenvalue weighted by Crippen LogP contribution is 2.32. The number of aromatic nitrogens is 3. The largest absolute Gasteiger partial charge is 0.291 e. The number of pyridine rings is 1. The van der Waals surface area contributed by atoms with Gasteiger partial charge in [-0.1, -0.05) is 18.2 Å². The average molecular weight is 304 g/mol. The smallest absolute Gasteiger partial charge is 0.0648 e. The van der Waals surface area contributed by atoms with Crippen LogP contribution in [-0.4, -0.2) is 26.2 Å². The molecule has 3 aromatic rings. The van der Waals surface area contributed by atoms with Crippen LogP contribution in [-0.2, 0) is 6.54 Å². The molecule has 1 saturated heterocycles. The molecule has 116 valence electrons. The third-order valence-electron chi connectivity index (χ3n) is 4.46. The quantitative estimate of drug-likeness (QED) is 0.738. The van der Waals surface area contributed by atoms with E-state index < -0.39 is 0 Å². The summed E-state index contributed by atoms with van der Waals surface area (Å²) >= 11 is 0. The number of likely N-dealkylation sites (tertiary alicyclic amines) is 1. The Labute approximate surface area is 136 Å². The van der Waals surface area contributed by atoms with E-state index in [2.05, 4.69) is 51.4 Å². The summed E-state index contributed by atoms with van der Waals surface area (Å²) in [6.45, 7) is 2.09. The molecule has 4 nitrogen and oxygen atoms in total. The summed E-state index contributed by atoms with van der Waals surface area (Å²) in [5, 5.41) is 4.32. The van der Waals surface area contributed by atoms with Crippen LogP contribution >= 0.6 is 0 Å². The maximum Gasteiger partial charge on any atom is 0.0648 e. The summed E-state index contributed by atoms with van der Waals surface area (Å²) in [6.07, 6.45) is 8.11. The predicted octanol–water partition coefficient (Wildman–Crippen LogP) is 3.60. The Hall–Kier alpha value is -2.46. The Bertz CT molecular complexity index is 752. The van der Waals surface area contributed by atoms with Crippen molar-refractivity contribution >= 4 is 0 Å². The van der Waals surface area contributed by atoms with Crippen molar-refractivity contribution < 1.29 is 0 Å². The van der Waals surface area contributed by atoms with Crippen molar-refractivity contribution in [1.82, 2.24) is 19.7 Å². The van der Waals surface area contributed by atoms with E-state index in [0.29, 0.717) is 6.04 Å². The Morgan fingerprint density at radius 1 is 1.04 bits per heavy atom. The molecular formula is C19H20N4. The maximum absolute atomic E-state index is 4.56. The summed E-state index contributed by atoms with van der Waals surface area (Å²) < 4.78 is 1.91. The zero-order valence-electron chi connectivity index (χ0n) is 13.0. The fraction of sp³-hybridized carbons (Fsp3) is 0.263. The van der Waals surface area contributed by atoms with E-state index in [1.807, 2.05) is 35.4 Å². The molecule has 0 bridgehead atoms. The molecule has 0 aliphatic carbocycles. The first-order valence-corrected chi connectivity index (χ1v) is 8.14. The van der Waals surface area contributed by atoms with Gasteiger partial charge in [-0.2, -0.15) is 5.10 Å². The van der Waals surface area contributed by atoms with E-state index in [0.717, 1.165) is 18.8 Å². The maximum atomic E-state index is 4.56. The van der Waals surface area contributed by atoms with Gasteiger partial charge in [-0.15, -0.1) is 0 Å². The lowest BCUT2D eigenvalue weighted by molar-refractivity contribution is 0.244. The molecule has 0 spiro atoms. The number of nitrogens with zero attached hydrogens (tertiary/aromatic N) is 4. The molecule has 0 unspecified atom stereocenters. The van der Waals surface area contributed by atoms with Crippen molar-refractivity contribution in [3.63, 3.8) is 0 Å². The molecule has 0 radical (unpaired) electrons. The van der Waals surface area contributed by atoms with E-state index in [1.54, 1.807) is 0 Å².